The molecule has 0 aliphatic rings. The second kappa shape index (κ2) is 7.53. The summed E-state index contributed by atoms with van der Waals surface area (Å²) < 4.78 is 24.7. The first-order valence-electron chi connectivity index (χ1n) is 6.80. The molecule has 0 unspecified atom stereocenters. The third-order valence-electron chi connectivity index (χ3n) is 3.27. The molecule has 0 atom stereocenters. The zero-order valence-electron chi connectivity index (χ0n) is 12.4. The molecule has 21 heavy (non-hydrogen) atoms. The maximum absolute atomic E-state index is 12.3. The Morgan fingerprint density at radius 3 is 2.57 bits per heavy atom. The second-order valence-corrected chi connectivity index (χ2v) is 7.22. The van der Waals surface area contributed by atoms with Gasteiger partial charge in [0.15, 0.2) is 9.84 Å². The van der Waals surface area contributed by atoms with Crippen LogP contribution in [0.15, 0.2) is 29.2 Å². The van der Waals surface area contributed by atoms with Gasteiger partial charge in [-0.1, -0.05) is 12.1 Å². The molecule has 1 aromatic rings. The van der Waals surface area contributed by atoms with E-state index in [0.29, 0.717) is 18.7 Å². The van der Waals surface area contributed by atoms with Crippen molar-refractivity contribution in [3.63, 3.8) is 0 Å². The average Bonchev–Trinajstić information content (AvgIpc) is 2.43. The Labute approximate surface area is 126 Å². The Hall–Kier alpha value is -1.44. The van der Waals surface area contributed by atoms with Crippen molar-refractivity contribution in [2.75, 3.05) is 25.4 Å². The first-order chi connectivity index (χ1) is 9.77. The van der Waals surface area contributed by atoms with Gasteiger partial charge in [-0.2, -0.15) is 0 Å². The summed E-state index contributed by atoms with van der Waals surface area (Å²) in [6.07, 6.45) is 0. The summed E-state index contributed by atoms with van der Waals surface area (Å²) in [5.41, 5.74) is 5.78. The molecule has 0 bridgehead atoms. The van der Waals surface area contributed by atoms with E-state index in [4.69, 9.17) is 16.2 Å². The Bertz CT molecular complexity index is 585. The van der Waals surface area contributed by atoms with Gasteiger partial charge in [0, 0.05) is 24.7 Å². The number of nitrogen functional groups attached to an aromatic ring is 1. The van der Waals surface area contributed by atoms with E-state index < -0.39 is 9.84 Å². The predicted molar refractivity (Wildman–Crippen MR) is 83.3 cm³/mol. The monoisotopic (exact) mass is 313 g/mol. The van der Waals surface area contributed by atoms with Crippen LogP contribution in [-0.4, -0.2) is 55.8 Å². The van der Waals surface area contributed by atoms with Crippen molar-refractivity contribution in [2.24, 2.45) is 5.73 Å². The second-order valence-electron chi connectivity index (χ2n) is 5.11. The van der Waals surface area contributed by atoms with Crippen molar-refractivity contribution in [2.45, 2.75) is 24.8 Å². The van der Waals surface area contributed by atoms with Crippen LogP contribution >= 0.6 is 0 Å². The molecular weight excluding hydrogens is 290 g/mol. The van der Waals surface area contributed by atoms with E-state index >= 15 is 0 Å². The number of nitrogens with two attached hydrogens (primary N) is 1. The number of aliphatic hydroxyl groups is 1. The van der Waals surface area contributed by atoms with Gasteiger partial charge in [-0.3, -0.25) is 10.3 Å². The van der Waals surface area contributed by atoms with Crippen LogP contribution in [0.4, 0.5) is 0 Å². The average molecular weight is 313 g/mol. The molecule has 0 aliphatic carbocycles. The molecule has 1 aromatic carbocycles. The zero-order chi connectivity index (χ0) is 16.0. The number of benzene rings is 1. The van der Waals surface area contributed by atoms with Gasteiger partial charge in [0.2, 0.25) is 0 Å². The quantitative estimate of drug-likeness (QED) is 0.477. The molecule has 0 aromatic heterocycles. The van der Waals surface area contributed by atoms with Gasteiger partial charge < -0.3 is 10.8 Å². The molecule has 0 aliphatic heterocycles. The highest BCUT2D eigenvalue weighted by atomic mass is 32.2. The van der Waals surface area contributed by atoms with E-state index in [2.05, 4.69) is 0 Å². The topological polar surface area (TPSA) is 107 Å². The minimum atomic E-state index is -3.44. The predicted octanol–water partition coefficient (Wildman–Crippen LogP) is 0.447. The molecule has 0 amide bonds. The fraction of sp³-hybridized carbons (Fsp3) is 0.500. The van der Waals surface area contributed by atoms with E-state index in [9.17, 15) is 8.42 Å². The molecule has 0 spiro atoms. The van der Waals surface area contributed by atoms with Gasteiger partial charge in [-0.05, 0) is 26.0 Å². The highest BCUT2D eigenvalue weighted by molar-refractivity contribution is 7.91. The number of rotatable bonds is 8. The summed E-state index contributed by atoms with van der Waals surface area (Å²) in [4.78, 5) is 2.08. The van der Waals surface area contributed by atoms with Crippen molar-refractivity contribution >= 4 is 15.7 Å². The van der Waals surface area contributed by atoms with Gasteiger partial charge >= 0.3 is 0 Å². The van der Waals surface area contributed by atoms with Crippen LogP contribution in [-0.2, 0) is 9.84 Å². The number of nitrogens with zero attached hydrogens (tertiary/aromatic N) is 1. The molecule has 1 rings (SSSR count). The summed E-state index contributed by atoms with van der Waals surface area (Å²) in [7, 11) is -3.44. The first-order valence-corrected chi connectivity index (χ1v) is 8.45. The van der Waals surface area contributed by atoms with Gasteiger partial charge in [-0.25, -0.2) is 8.42 Å². The van der Waals surface area contributed by atoms with Crippen LogP contribution < -0.4 is 5.73 Å². The fourth-order valence-electron chi connectivity index (χ4n) is 1.97. The van der Waals surface area contributed by atoms with Gasteiger partial charge in [0.05, 0.1) is 17.3 Å². The number of nitrogens with one attached hydrogen (secondary N) is 1. The number of sulfone groups is 1. The third kappa shape index (κ3) is 5.11. The van der Waals surface area contributed by atoms with Gasteiger partial charge in [-0.15, -0.1) is 0 Å². The van der Waals surface area contributed by atoms with E-state index in [1.54, 1.807) is 12.1 Å². The summed E-state index contributed by atoms with van der Waals surface area (Å²) in [5, 5.41) is 16.4. The number of amidine groups is 1. The van der Waals surface area contributed by atoms with Crippen molar-refractivity contribution in [1.82, 2.24) is 4.90 Å². The lowest BCUT2D eigenvalue weighted by Gasteiger charge is -2.25. The number of hydrogen-bond donors (Lipinski definition) is 3. The smallest absolute Gasteiger partial charge is 0.179 e. The molecule has 4 N–H and O–H groups in total. The molecule has 0 heterocycles. The summed E-state index contributed by atoms with van der Waals surface area (Å²) >= 11 is 0. The zero-order valence-corrected chi connectivity index (χ0v) is 13.2. The van der Waals surface area contributed by atoms with Crippen LogP contribution in [0.3, 0.4) is 0 Å². The minimum absolute atomic E-state index is 0.00194. The minimum Gasteiger partial charge on any atom is -0.395 e. The maximum atomic E-state index is 12.3. The maximum Gasteiger partial charge on any atom is 0.179 e. The van der Waals surface area contributed by atoms with E-state index in [1.807, 2.05) is 18.7 Å². The molecule has 0 saturated carbocycles. The Balaban J connectivity index is 2.86. The van der Waals surface area contributed by atoms with Crippen LogP contribution in [0.1, 0.15) is 19.4 Å². The summed E-state index contributed by atoms with van der Waals surface area (Å²) in [6.45, 7) is 4.71. The molecule has 0 fully saturated rings. The molecule has 118 valence electrons. The van der Waals surface area contributed by atoms with Gasteiger partial charge in [0.1, 0.15) is 5.84 Å². The van der Waals surface area contributed by atoms with Crippen molar-refractivity contribution in [1.29, 1.82) is 5.41 Å². The number of aliphatic hydroxyl groups excluding tert-OH is 1. The Morgan fingerprint density at radius 1 is 1.38 bits per heavy atom. The lowest BCUT2D eigenvalue weighted by atomic mass is 10.2. The molecule has 0 radical (unpaired) electrons. The molecule has 7 heteroatoms. The highest BCUT2D eigenvalue weighted by Gasteiger charge is 2.18. The third-order valence-corrected chi connectivity index (χ3v) is 4.96. The Kier molecular flexibility index (Phi) is 6.32. The highest BCUT2D eigenvalue weighted by Crippen LogP contribution is 2.14. The molecule has 6 nitrogen and oxygen atoms in total. The lowest BCUT2D eigenvalue weighted by molar-refractivity contribution is 0.173. The fourth-order valence-corrected chi connectivity index (χ4v) is 3.27. The van der Waals surface area contributed by atoms with E-state index in [0.717, 1.165) is 0 Å². The molecule has 0 saturated heterocycles. The summed E-state index contributed by atoms with van der Waals surface area (Å²) in [5.74, 6) is -0.192. The largest absolute Gasteiger partial charge is 0.395 e. The normalized spacial score (nSPS) is 12.0. The first kappa shape index (κ1) is 17.6. The van der Waals surface area contributed by atoms with Crippen LogP contribution in [0.25, 0.3) is 0 Å². The van der Waals surface area contributed by atoms with Crippen LogP contribution in [0.2, 0.25) is 0 Å². The van der Waals surface area contributed by atoms with E-state index in [-0.39, 0.29) is 29.1 Å². The standard InChI is InChI=1S/C14H23N3O3S/c1-11(2)17(6-8-18)7-9-21(19,20)13-5-3-4-12(10-13)14(15)16/h3-5,10-11,18H,6-9H2,1-2H3,(H3,15,16). The van der Waals surface area contributed by atoms with Crippen molar-refractivity contribution in [3.8, 4) is 0 Å². The summed E-state index contributed by atoms with van der Waals surface area (Å²) in [6, 6.07) is 6.28. The van der Waals surface area contributed by atoms with Crippen LogP contribution in [0.5, 0.6) is 0 Å². The Morgan fingerprint density at radius 2 is 2.05 bits per heavy atom. The van der Waals surface area contributed by atoms with Crippen molar-refractivity contribution < 1.29 is 13.5 Å². The van der Waals surface area contributed by atoms with Crippen molar-refractivity contribution in [3.05, 3.63) is 29.8 Å². The van der Waals surface area contributed by atoms with Crippen LogP contribution in [0, 0.1) is 5.41 Å². The SMILES string of the molecule is CC(C)N(CCO)CCS(=O)(=O)c1cccc(C(=N)N)c1. The molecular formula is C14H23N3O3S. The number of hydrogen-bond acceptors (Lipinski definition) is 5. The van der Waals surface area contributed by atoms with E-state index in [1.165, 1.54) is 12.1 Å². The van der Waals surface area contributed by atoms with Gasteiger partial charge in [0.25, 0.3) is 0 Å². The lowest BCUT2D eigenvalue weighted by Crippen LogP contribution is -2.37.